The van der Waals surface area contributed by atoms with E-state index < -0.39 is 35.7 Å². The average molecular weight is 435 g/mol. The molecule has 3 unspecified atom stereocenters. The van der Waals surface area contributed by atoms with Crippen molar-refractivity contribution in [2.45, 2.75) is 45.4 Å². The molecule has 10 heteroatoms. The number of β-lactam (4-membered cyclic amide) rings is 1. The first-order valence-electron chi connectivity index (χ1n) is 10.0. The third-order valence-electron chi connectivity index (χ3n) is 5.13. The van der Waals surface area contributed by atoms with E-state index in [4.69, 9.17) is 4.74 Å². The lowest BCUT2D eigenvalue weighted by Gasteiger charge is -2.46. The maximum atomic E-state index is 12.6. The van der Waals surface area contributed by atoms with Crippen LogP contribution < -0.4 is 10.6 Å². The predicted molar refractivity (Wildman–Crippen MR) is 110 cm³/mol. The number of hydrogen-bond acceptors (Lipinski definition) is 7. The Balaban J connectivity index is 1.73. The molecule has 0 aliphatic carbocycles. The maximum absolute atomic E-state index is 12.6. The highest BCUT2D eigenvalue weighted by atomic mass is 16.5. The van der Waals surface area contributed by atoms with Crippen molar-refractivity contribution in [2.75, 3.05) is 20.2 Å². The third kappa shape index (κ3) is 6.42. The molecule has 31 heavy (non-hydrogen) atoms. The van der Waals surface area contributed by atoms with Gasteiger partial charge in [0.1, 0.15) is 12.6 Å². The minimum atomic E-state index is -1.28. The quantitative estimate of drug-likeness (QED) is 0.392. The van der Waals surface area contributed by atoms with Gasteiger partial charge in [-0.25, -0.2) is 9.59 Å². The number of hydrogen-bond donors (Lipinski definition) is 3. The largest absolute Gasteiger partial charge is 0.453 e. The molecule has 3 atom stereocenters. The molecule has 1 aromatic rings. The SMILES string of the molecule is COC(=O)NC(C(=O)N1CC(C)(CCCNC(=O)OCc2ccccc2)C1=O)C(C)O. The van der Waals surface area contributed by atoms with Gasteiger partial charge in [0.15, 0.2) is 0 Å². The molecule has 1 aliphatic rings. The lowest BCUT2D eigenvalue weighted by atomic mass is 9.76. The van der Waals surface area contributed by atoms with Gasteiger partial charge in [0, 0.05) is 13.1 Å². The number of likely N-dealkylation sites (tertiary alicyclic amines) is 1. The Hall–Kier alpha value is -3.14. The number of imide groups is 1. The molecule has 1 aromatic carbocycles. The van der Waals surface area contributed by atoms with Crippen LogP contribution in [0.4, 0.5) is 9.59 Å². The van der Waals surface area contributed by atoms with E-state index in [-0.39, 0.29) is 19.1 Å². The van der Waals surface area contributed by atoms with Gasteiger partial charge >= 0.3 is 12.2 Å². The number of nitrogens with one attached hydrogen (secondary N) is 2. The number of alkyl carbamates (subject to hydrolysis) is 2. The minimum Gasteiger partial charge on any atom is -0.453 e. The highest BCUT2D eigenvalue weighted by molar-refractivity contribution is 6.05. The Bertz CT molecular complexity index is 799. The summed E-state index contributed by atoms with van der Waals surface area (Å²) in [5.41, 5.74) is 0.131. The van der Waals surface area contributed by atoms with Crippen LogP contribution in [0.1, 0.15) is 32.3 Å². The van der Waals surface area contributed by atoms with E-state index in [1.165, 1.54) is 6.92 Å². The molecule has 0 radical (unpaired) electrons. The number of rotatable bonds is 9. The lowest BCUT2D eigenvalue weighted by Crippen LogP contribution is -2.66. The number of benzene rings is 1. The smallest absolute Gasteiger partial charge is 0.407 e. The van der Waals surface area contributed by atoms with E-state index in [9.17, 15) is 24.3 Å². The van der Waals surface area contributed by atoms with E-state index in [0.29, 0.717) is 19.4 Å². The summed E-state index contributed by atoms with van der Waals surface area (Å²) in [6.07, 6.45) is -1.64. The molecule has 4 amide bonds. The summed E-state index contributed by atoms with van der Waals surface area (Å²) in [7, 11) is 1.14. The maximum Gasteiger partial charge on any atom is 0.407 e. The molecule has 1 saturated heterocycles. The second kappa shape index (κ2) is 10.8. The summed E-state index contributed by atoms with van der Waals surface area (Å²) in [6, 6.07) is 8.02. The van der Waals surface area contributed by atoms with Crippen molar-refractivity contribution in [2.24, 2.45) is 5.41 Å². The first-order valence-corrected chi connectivity index (χ1v) is 10.0. The summed E-state index contributed by atoms with van der Waals surface area (Å²) in [6.45, 7) is 3.73. The Labute approximate surface area is 180 Å². The van der Waals surface area contributed by atoms with Crippen molar-refractivity contribution in [3.8, 4) is 0 Å². The number of carbonyl (C=O) groups is 4. The van der Waals surface area contributed by atoms with Crippen molar-refractivity contribution < 1.29 is 33.8 Å². The van der Waals surface area contributed by atoms with Gasteiger partial charge in [0.2, 0.25) is 5.91 Å². The van der Waals surface area contributed by atoms with Gasteiger partial charge in [-0.05, 0) is 32.3 Å². The zero-order chi connectivity index (χ0) is 23.0. The van der Waals surface area contributed by atoms with Gasteiger partial charge in [-0.3, -0.25) is 14.5 Å². The van der Waals surface area contributed by atoms with Crippen molar-refractivity contribution in [1.82, 2.24) is 15.5 Å². The molecule has 0 saturated carbocycles. The van der Waals surface area contributed by atoms with E-state index in [0.717, 1.165) is 17.6 Å². The van der Waals surface area contributed by atoms with Gasteiger partial charge < -0.3 is 25.2 Å². The molecular weight excluding hydrogens is 406 g/mol. The molecule has 170 valence electrons. The van der Waals surface area contributed by atoms with Crippen molar-refractivity contribution in [3.05, 3.63) is 35.9 Å². The predicted octanol–water partition coefficient (Wildman–Crippen LogP) is 1.17. The number of amides is 4. The Kier molecular flexibility index (Phi) is 8.38. The normalized spacial score (nSPS) is 19.6. The number of ether oxygens (including phenoxy) is 2. The van der Waals surface area contributed by atoms with E-state index in [2.05, 4.69) is 15.4 Å². The molecule has 1 fully saturated rings. The van der Waals surface area contributed by atoms with E-state index in [1.807, 2.05) is 30.3 Å². The second-order valence-corrected chi connectivity index (χ2v) is 7.74. The molecule has 2 rings (SSSR count). The number of methoxy groups -OCH3 is 1. The fourth-order valence-electron chi connectivity index (χ4n) is 3.27. The number of aliphatic hydroxyl groups excluding tert-OH is 1. The van der Waals surface area contributed by atoms with E-state index in [1.54, 1.807) is 6.92 Å². The minimum absolute atomic E-state index is 0.162. The topological polar surface area (TPSA) is 134 Å². The van der Waals surface area contributed by atoms with E-state index >= 15 is 0 Å². The molecule has 1 heterocycles. The van der Waals surface area contributed by atoms with Crippen LogP contribution >= 0.6 is 0 Å². The Morgan fingerprint density at radius 3 is 2.48 bits per heavy atom. The first kappa shape index (κ1) is 24.1. The van der Waals surface area contributed by atoms with Crippen LogP contribution in [-0.4, -0.2) is 66.4 Å². The first-order chi connectivity index (χ1) is 14.7. The summed E-state index contributed by atoms with van der Waals surface area (Å²) in [5.74, 6) is -1.08. The molecule has 0 aromatic heterocycles. The number of carbonyl (C=O) groups excluding carboxylic acids is 4. The zero-order valence-electron chi connectivity index (χ0n) is 17.9. The molecule has 0 spiro atoms. The van der Waals surface area contributed by atoms with Crippen LogP contribution in [0, 0.1) is 5.41 Å². The van der Waals surface area contributed by atoms with Crippen molar-refractivity contribution in [3.63, 3.8) is 0 Å². The van der Waals surface area contributed by atoms with Gasteiger partial charge in [-0.2, -0.15) is 0 Å². The zero-order valence-corrected chi connectivity index (χ0v) is 17.9. The summed E-state index contributed by atoms with van der Waals surface area (Å²) in [5, 5.41) is 14.6. The fraction of sp³-hybridized carbons (Fsp3) is 0.524. The van der Waals surface area contributed by atoms with Gasteiger partial charge in [-0.1, -0.05) is 30.3 Å². The fourth-order valence-corrected chi connectivity index (χ4v) is 3.27. The monoisotopic (exact) mass is 435 g/mol. The molecule has 3 N–H and O–H groups in total. The average Bonchev–Trinajstić information content (AvgIpc) is 2.76. The van der Waals surface area contributed by atoms with Gasteiger partial charge in [-0.15, -0.1) is 0 Å². The lowest BCUT2D eigenvalue weighted by molar-refractivity contribution is -0.169. The second-order valence-electron chi connectivity index (χ2n) is 7.74. The molecule has 10 nitrogen and oxygen atoms in total. The Morgan fingerprint density at radius 1 is 1.23 bits per heavy atom. The summed E-state index contributed by atoms with van der Waals surface area (Å²) in [4.78, 5) is 49.2. The summed E-state index contributed by atoms with van der Waals surface area (Å²) < 4.78 is 9.57. The van der Waals surface area contributed by atoms with Crippen LogP contribution in [0.3, 0.4) is 0 Å². The van der Waals surface area contributed by atoms with Crippen LogP contribution in [0.25, 0.3) is 0 Å². The van der Waals surface area contributed by atoms with Gasteiger partial charge in [0.25, 0.3) is 5.91 Å². The van der Waals surface area contributed by atoms with Crippen molar-refractivity contribution in [1.29, 1.82) is 0 Å². The third-order valence-corrected chi connectivity index (χ3v) is 5.13. The number of nitrogens with zero attached hydrogens (tertiary/aromatic N) is 1. The van der Waals surface area contributed by atoms with Crippen LogP contribution in [0.5, 0.6) is 0 Å². The highest BCUT2D eigenvalue weighted by Gasteiger charge is 2.52. The standard InChI is InChI=1S/C21H29N3O7/c1-14(25)16(23-20(29)30-3)17(26)24-13-21(2,18(24)27)10-7-11-22-19(28)31-12-15-8-5-4-6-9-15/h4-6,8-9,14,16,25H,7,10-13H2,1-3H3,(H,22,28)(H,23,29). The van der Waals surface area contributed by atoms with Crippen LogP contribution in [-0.2, 0) is 25.7 Å². The van der Waals surface area contributed by atoms with Crippen molar-refractivity contribution >= 4 is 24.0 Å². The van der Waals surface area contributed by atoms with Crippen LogP contribution in [0.15, 0.2) is 30.3 Å². The highest BCUT2D eigenvalue weighted by Crippen LogP contribution is 2.36. The van der Waals surface area contributed by atoms with Crippen LogP contribution in [0.2, 0.25) is 0 Å². The molecule has 0 bridgehead atoms. The molecular formula is C21H29N3O7. The Morgan fingerprint density at radius 2 is 1.90 bits per heavy atom. The summed E-state index contributed by atoms with van der Waals surface area (Å²) >= 11 is 0. The number of aliphatic hydroxyl groups is 1. The van der Waals surface area contributed by atoms with Gasteiger partial charge in [0.05, 0.1) is 18.6 Å². The molecule has 1 aliphatic heterocycles.